The minimum atomic E-state index is -0.121. The van der Waals surface area contributed by atoms with Crippen LogP contribution in [0.25, 0.3) is 0 Å². The van der Waals surface area contributed by atoms with E-state index in [0.29, 0.717) is 13.2 Å². The highest BCUT2D eigenvalue weighted by molar-refractivity contribution is 7.98. The third-order valence-corrected chi connectivity index (χ3v) is 3.71. The average molecular weight is 240 g/mol. The summed E-state index contributed by atoms with van der Waals surface area (Å²) in [5.74, 6) is 1.28. The molecule has 88 valence electrons. The summed E-state index contributed by atoms with van der Waals surface area (Å²) in [5, 5.41) is 0. The van der Waals surface area contributed by atoms with Gasteiger partial charge in [0, 0.05) is 6.61 Å². The third kappa shape index (κ3) is 22.9. The minimum Gasteiger partial charge on any atom is -0.424 e. The van der Waals surface area contributed by atoms with Crippen LogP contribution in [0.15, 0.2) is 0 Å². The van der Waals surface area contributed by atoms with Crippen LogP contribution < -0.4 is 0 Å². The van der Waals surface area contributed by atoms with Crippen LogP contribution in [0, 0.1) is 0 Å². The molecule has 0 amide bonds. The van der Waals surface area contributed by atoms with E-state index >= 15 is 0 Å². The summed E-state index contributed by atoms with van der Waals surface area (Å²) in [4.78, 5) is 8.97. The zero-order valence-corrected chi connectivity index (χ0v) is 12.1. The van der Waals surface area contributed by atoms with E-state index in [1.54, 1.807) is 0 Å². The van der Waals surface area contributed by atoms with Crippen molar-refractivity contribution in [3.05, 3.63) is 0 Å². The maximum absolute atomic E-state index is 5.26. The molecule has 0 aliphatic carbocycles. The van der Waals surface area contributed by atoms with Gasteiger partial charge >= 0.3 is 0 Å². The summed E-state index contributed by atoms with van der Waals surface area (Å²) in [7, 11) is -0.121. The van der Waals surface area contributed by atoms with E-state index in [2.05, 4.69) is 23.0 Å². The molecule has 0 saturated heterocycles. The first kappa shape index (κ1) is 16.9. The molecule has 0 aliphatic heterocycles. The van der Waals surface area contributed by atoms with Gasteiger partial charge in [-0.2, -0.15) is 11.8 Å². The van der Waals surface area contributed by atoms with Crippen LogP contribution in [0.5, 0.6) is 0 Å². The molecule has 0 saturated carbocycles. The van der Waals surface area contributed by atoms with E-state index in [4.69, 9.17) is 4.43 Å². The lowest BCUT2D eigenvalue weighted by atomic mass is 10.9. The molecule has 0 atom stereocenters. The fourth-order valence-corrected chi connectivity index (χ4v) is 2.74. The Morgan fingerprint density at radius 2 is 1.57 bits per heavy atom. The van der Waals surface area contributed by atoms with Gasteiger partial charge in [0.15, 0.2) is 9.76 Å². The molecule has 14 heavy (non-hydrogen) atoms. The lowest BCUT2D eigenvalue weighted by molar-refractivity contribution is -0.287. The molecule has 0 N–H and O–H groups in total. The second-order valence-electron chi connectivity index (χ2n) is 2.36. The Hall–Kier alpha value is 0.447. The first-order valence-corrected chi connectivity index (χ1v) is 8.11. The fraction of sp³-hybridized carbons (Fsp3) is 1.00. The first-order valence-electron chi connectivity index (χ1n) is 5.14. The van der Waals surface area contributed by atoms with Crippen LogP contribution in [-0.2, 0) is 14.2 Å². The lowest BCUT2D eigenvalue weighted by Gasteiger charge is -1.95. The van der Waals surface area contributed by atoms with Gasteiger partial charge in [-0.3, -0.25) is 0 Å². The van der Waals surface area contributed by atoms with Gasteiger partial charge in [0.25, 0.3) is 0 Å². The summed E-state index contributed by atoms with van der Waals surface area (Å²) >= 11 is 1.91. The maximum Gasteiger partial charge on any atom is 0.162 e. The molecule has 0 aliphatic rings. The summed E-state index contributed by atoms with van der Waals surface area (Å²) in [6.45, 7) is 8.01. The van der Waals surface area contributed by atoms with Gasteiger partial charge in [-0.05, 0) is 38.8 Å². The maximum atomic E-state index is 5.26. The predicted octanol–water partition coefficient (Wildman–Crippen LogP) is 1.86. The molecule has 0 fully saturated rings. The monoisotopic (exact) mass is 240 g/mol. The van der Waals surface area contributed by atoms with Gasteiger partial charge < -0.3 is 4.43 Å². The van der Waals surface area contributed by atoms with Crippen molar-refractivity contribution in [3.8, 4) is 0 Å². The zero-order chi connectivity index (χ0) is 11.1. The molecular weight excluding hydrogens is 216 g/mol. The van der Waals surface area contributed by atoms with Crippen molar-refractivity contribution in [2.45, 2.75) is 26.8 Å². The molecule has 0 aromatic rings. The smallest absolute Gasteiger partial charge is 0.162 e. The first-order chi connectivity index (χ1) is 6.83. The Labute approximate surface area is 94.8 Å². The van der Waals surface area contributed by atoms with E-state index in [1.165, 1.54) is 11.8 Å². The van der Waals surface area contributed by atoms with Crippen molar-refractivity contribution >= 4 is 21.5 Å². The second-order valence-corrected chi connectivity index (χ2v) is 4.87. The molecule has 0 rings (SSSR count). The number of hydrogen-bond acceptors (Lipinski definition) is 4. The number of thioether (sulfide) groups is 1. The van der Waals surface area contributed by atoms with E-state index in [1.807, 2.05) is 25.6 Å². The third-order valence-electron chi connectivity index (χ3n) is 1.16. The Morgan fingerprint density at radius 1 is 1.00 bits per heavy atom. The summed E-state index contributed by atoms with van der Waals surface area (Å²) in [6, 6.07) is 1.33. The molecule has 0 heterocycles. The Balaban J connectivity index is 0. The highest BCUT2D eigenvalue weighted by atomic mass is 32.2. The predicted molar refractivity (Wildman–Crippen MR) is 66.6 cm³/mol. The van der Waals surface area contributed by atoms with Gasteiger partial charge in [0.05, 0.1) is 13.2 Å². The van der Waals surface area contributed by atoms with Crippen LogP contribution >= 0.6 is 11.8 Å². The van der Waals surface area contributed by atoms with Crippen LogP contribution in [0.3, 0.4) is 0 Å². The van der Waals surface area contributed by atoms with Crippen LogP contribution in [0.4, 0.5) is 0 Å². The van der Waals surface area contributed by atoms with Gasteiger partial charge in [-0.1, -0.05) is 0 Å². The average Bonchev–Trinajstić information content (AvgIpc) is 2.22. The molecule has 0 bridgehead atoms. The Kier molecular flexibility index (Phi) is 23.0. The van der Waals surface area contributed by atoms with Gasteiger partial charge in [-0.25, -0.2) is 9.78 Å². The van der Waals surface area contributed by atoms with E-state index in [0.717, 1.165) is 6.61 Å². The molecule has 3 nitrogen and oxygen atoms in total. The molecule has 5 heteroatoms. The van der Waals surface area contributed by atoms with E-state index in [-0.39, 0.29) is 9.76 Å². The molecular formula is C9H24O3SSi. The second kappa shape index (κ2) is 19.1. The van der Waals surface area contributed by atoms with Gasteiger partial charge in [0.1, 0.15) is 0 Å². The fourth-order valence-electron chi connectivity index (χ4n) is 0.616. The quantitative estimate of drug-likeness (QED) is 0.280. The Bertz CT molecular complexity index is 76.5. The van der Waals surface area contributed by atoms with Gasteiger partial charge in [0.2, 0.25) is 0 Å². The summed E-state index contributed by atoms with van der Waals surface area (Å²) in [5.41, 5.74) is 0. The topological polar surface area (TPSA) is 27.7 Å². The summed E-state index contributed by atoms with van der Waals surface area (Å²) in [6.07, 6.45) is 2.14. The normalized spacial score (nSPS) is 10.3. The summed E-state index contributed by atoms with van der Waals surface area (Å²) < 4.78 is 5.26. The lowest BCUT2D eigenvalue weighted by Crippen LogP contribution is -1.97. The largest absolute Gasteiger partial charge is 0.424 e. The van der Waals surface area contributed by atoms with Crippen molar-refractivity contribution in [2.24, 2.45) is 0 Å². The molecule has 0 spiro atoms. The molecule has 0 radical (unpaired) electrons. The molecule has 0 aromatic heterocycles. The molecule has 0 unspecified atom stereocenters. The highest BCUT2D eigenvalue weighted by Crippen LogP contribution is 1.94. The highest BCUT2D eigenvalue weighted by Gasteiger charge is 1.84. The zero-order valence-electron chi connectivity index (χ0n) is 9.88. The van der Waals surface area contributed by atoms with E-state index in [9.17, 15) is 0 Å². The van der Waals surface area contributed by atoms with Crippen molar-refractivity contribution in [1.29, 1.82) is 0 Å². The van der Waals surface area contributed by atoms with Crippen LogP contribution in [0.2, 0.25) is 6.04 Å². The van der Waals surface area contributed by atoms with Crippen LogP contribution in [0.1, 0.15) is 20.8 Å². The van der Waals surface area contributed by atoms with Crippen LogP contribution in [-0.4, -0.2) is 41.6 Å². The SMILES string of the molecule is CCOOCC.CCO[SiH2]CCSC. The Morgan fingerprint density at radius 3 is 1.93 bits per heavy atom. The molecule has 0 aromatic carbocycles. The van der Waals surface area contributed by atoms with Crippen molar-refractivity contribution in [1.82, 2.24) is 0 Å². The van der Waals surface area contributed by atoms with Crippen molar-refractivity contribution in [2.75, 3.05) is 31.8 Å². The standard InChI is InChI=1S/C5H14OSSi.C4H10O2/c1-3-6-8-5-4-7-2;1-3-5-6-4-2/h3-5,8H2,1-2H3;3-4H2,1-2H3. The minimum absolute atomic E-state index is 0.121. The van der Waals surface area contributed by atoms with Gasteiger partial charge in [-0.15, -0.1) is 0 Å². The van der Waals surface area contributed by atoms with Crippen molar-refractivity contribution in [3.63, 3.8) is 0 Å². The number of hydrogen-bond donors (Lipinski definition) is 0. The van der Waals surface area contributed by atoms with Crippen molar-refractivity contribution < 1.29 is 14.2 Å². The van der Waals surface area contributed by atoms with E-state index < -0.39 is 0 Å². The number of rotatable bonds is 8.